The number of benzene rings is 3. The van der Waals surface area contributed by atoms with Gasteiger partial charge < -0.3 is 15.0 Å². The Morgan fingerprint density at radius 3 is 2.49 bits per heavy atom. The van der Waals surface area contributed by atoms with Gasteiger partial charge in [-0.3, -0.25) is 9.59 Å². The van der Waals surface area contributed by atoms with Crippen LogP contribution in [0.3, 0.4) is 0 Å². The highest BCUT2D eigenvalue weighted by molar-refractivity contribution is 5.99. The number of nitrogens with zero attached hydrogens (tertiary/aromatic N) is 2. The summed E-state index contributed by atoms with van der Waals surface area (Å²) in [5.41, 5.74) is 4.14. The largest absolute Gasteiger partial charge is 0.489 e. The summed E-state index contributed by atoms with van der Waals surface area (Å²) in [6.07, 6.45) is 2.07. The molecule has 35 heavy (non-hydrogen) atoms. The third-order valence-electron chi connectivity index (χ3n) is 6.30. The summed E-state index contributed by atoms with van der Waals surface area (Å²) in [5.74, 6) is 0.384. The van der Waals surface area contributed by atoms with E-state index in [4.69, 9.17) is 4.74 Å². The lowest BCUT2D eigenvalue weighted by molar-refractivity contribution is 0.0791. The number of carbonyl (C=O) groups is 2. The summed E-state index contributed by atoms with van der Waals surface area (Å²) >= 11 is 0. The second-order valence-electron chi connectivity index (χ2n) is 8.86. The van der Waals surface area contributed by atoms with Crippen molar-refractivity contribution in [3.05, 3.63) is 100 Å². The molecule has 0 saturated carbocycles. The van der Waals surface area contributed by atoms with Crippen molar-refractivity contribution >= 4 is 11.8 Å². The molecule has 1 heterocycles. The van der Waals surface area contributed by atoms with E-state index in [0.717, 1.165) is 42.6 Å². The Morgan fingerprint density at radius 1 is 1.06 bits per heavy atom. The number of nitrogens with one attached hydrogen (secondary N) is 1. The van der Waals surface area contributed by atoms with Gasteiger partial charge in [0.15, 0.2) is 0 Å². The summed E-state index contributed by atoms with van der Waals surface area (Å²) in [5, 5.41) is 12.4. The lowest BCUT2D eigenvalue weighted by Gasteiger charge is -2.20. The maximum Gasteiger partial charge on any atom is 0.254 e. The number of likely N-dealkylation sites (tertiary alicyclic amines) is 1. The third-order valence-corrected chi connectivity index (χ3v) is 6.30. The van der Waals surface area contributed by atoms with Crippen LogP contribution in [0.1, 0.15) is 68.8 Å². The molecule has 4 rings (SSSR count). The van der Waals surface area contributed by atoms with Crippen LogP contribution in [0.2, 0.25) is 0 Å². The maximum absolute atomic E-state index is 13.1. The summed E-state index contributed by atoms with van der Waals surface area (Å²) in [6.45, 7) is 5.67. The Hall–Kier alpha value is -4.11. The summed E-state index contributed by atoms with van der Waals surface area (Å²) in [4.78, 5) is 27.7. The van der Waals surface area contributed by atoms with E-state index >= 15 is 0 Å². The van der Waals surface area contributed by atoms with Gasteiger partial charge in [0.2, 0.25) is 0 Å². The second-order valence-corrected chi connectivity index (χ2v) is 8.86. The molecule has 0 aliphatic carbocycles. The Balaban J connectivity index is 1.49. The van der Waals surface area contributed by atoms with Crippen molar-refractivity contribution in [3.8, 4) is 11.8 Å². The topological polar surface area (TPSA) is 82.4 Å². The predicted octanol–water partition coefficient (Wildman–Crippen LogP) is 5.17. The molecule has 6 heteroatoms. The zero-order valence-corrected chi connectivity index (χ0v) is 20.1. The minimum Gasteiger partial charge on any atom is -0.489 e. The molecule has 1 unspecified atom stereocenters. The smallest absolute Gasteiger partial charge is 0.254 e. The average Bonchev–Trinajstić information content (AvgIpc) is 3.42. The number of amides is 2. The van der Waals surface area contributed by atoms with Crippen molar-refractivity contribution < 1.29 is 14.3 Å². The average molecular weight is 468 g/mol. The summed E-state index contributed by atoms with van der Waals surface area (Å²) in [7, 11) is 0. The summed E-state index contributed by atoms with van der Waals surface area (Å²) in [6, 6.07) is 22.0. The highest BCUT2D eigenvalue weighted by Gasteiger charge is 2.22. The van der Waals surface area contributed by atoms with E-state index in [-0.39, 0.29) is 11.8 Å². The maximum atomic E-state index is 13.1. The van der Waals surface area contributed by atoms with Crippen LogP contribution < -0.4 is 10.1 Å². The Bertz CT molecular complexity index is 1260. The predicted molar refractivity (Wildman–Crippen MR) is 134 cm³/mol. The molecule has 1 N–H and O–H groups in total. The Morgan fingerprint density at radius 2 is 1.80 bits per heavy atom. The van der Waals surface area contributed by atoms with Gasteiger partial charge in [0.25, 0.3) is 11.8 Å². The highest BCUT2D eigenvalue weighted by atomic mass is 16.5. The SMILES string of the molecule is Cc1cc(C(=O)NC(C)c2cc(C#N)ccc2OCc2ccccc2)ccc1C(=O)N1CCCC1. The van der Waals surface area contributed by atoms with E-state index in [1.165, 1.54) is 0 Å². The van der Waals surface area contributed by atoms with Crippen LogP contribution in [-0.4, -0.2) is 29.8 Å². The zero-order chi connectivity index (χ0) is 24.8. The van der Waals surface area contributed by atoms with Gasteiger partial charge in [-0.1, -0.05) is 30.3 Å². The van der Waals surface area contributed by atoms with Crippen LogP contribution in [0, 0.1) is 18.3 Å². The first-order chi connectivity index (χ1) is 17.0. The van der Waals surface area contributed by atoms with E-state index < -0.39 is 6.04 Å². The number of rotatable bonds is 7. The van der Waals surface area contributed by atoms with Gasteiger partial charge in [-0.2, -0.15) is 5.26 Å². The lowest BCUT2D eigenvalue weighted by atomic mass is 10.0. The van der Waals surface area contributed by atoms with Crippen molar-refractivity contribution in [1.82, 2.24) is 10.2 Å². The van der Waals surface area contributed by atoms with E-state index in [1.807, 2.05) is 49.1 Å². The molecule has 1 atom stereocenters. The molecule has 2 amide bonds. The summed E-state index contributed by atoms with van der Waals surface area (Å²) < 4.78 is 6.04. The Labute approximate surface area is 206 Å². The van der Waals surface area contributed by atoms with Gasteiger partial charge in [0, 0.05) is 29.8 Å². The van der Waals surface area contributed by atoms with Crippen LogP contribution in [0.5, 0.6) is 5.75 Å². The molecule has 1 fully saturated rings. The number of ether oxygens (including phenoxy) is 1. The monoisotopic (exact) mass is 467 g/mol. The zero-order valence-electron chi connectivity index (χ0n) is 20.1. The third kappa shape index (κ3) is 5.70. The van der Waals surface area contributed by atoms with Crippen LogP contribution in [0.4, 0.5) is 0 Å². The molecule has 6 nitrogen and oxygen atoms in total. The highest BCUT2D eigenvalue weighted by Crippen LogP contribution is 2.28. The standard InChI is InChI=1S/C29H29N3O3/c1-20-16-24(11-12-25(20)29(34)32-14-6-7-15-32)28(33)31-21(2)26-17-23(18-30)10-13-27(26)35-19-22-8-4-3-5-9-22/h3-5,8-13,16-17,21H,6-7,14-15,19H2,1-2H3,(H,31,33). The van der Waals surface area contributed by atoms with Gasteiger partial charge in [0.05, 0.1) is 17.7 Å². The molecule has 1 aliphatic heterocycles. The van der Waals surface area contributed by atoms with Gasteiger partial charge in [-0.05, 0) is 74.2 Å². The number of aryl methyl sites for hydroxylation is 1. The first-order valence-electron chi connectivity index (χ1n) is 11.9. The Kier molecular flexibility index (Phi) is 7.47. The first kappa shape index (κ1) is 24.0. The molecule has 3 aromatic rings. The van der Waals surface area contributed by atoms with Crippen LogP contribution in [-0.2, 0) is 6.61 Å². The fourth-order valence-corrected chi connectivity index (χ4v) is 4.32. The molecule has 0 bridgehead atoms. The fraction of sp³-hybridized carbons (Fsp3) is 0.276. The van der Waals surface area contributed by atoms with Crippen molar-refractivity contribution in [1.29, 1.82) is 5.26 Å². The van der Waals surface area contributed by atoms with Crippen molar-refractivity contribution in [3.63, 3.8) is 0 Å². The molecule has 178 valence electrons. The quantitative estimate of drug-likeness (QED) is 0.520. The molecule has 0 radical (unpaired) electrons. The van der Waals surface area contributed by atoms with E-state index in [0.29, 0.717) is 29.0 Å². The molecule has 3 aromatic carbocycles. The molecule has 0 spiro atoms. The van der Waals surface area contributed by atoms with Crippen molar-refractivity contribution in [2.45, 2.75) is 39.3 Å². The van der Waals surface area contributed by atoms with Crippen LogP contribution in [0.25, 0.3) is 0 Å². The molecule has 1 saturated heterocycles. The van der Waals surface area contributed by atoms with E-state index in [2.05, 4.69) is 11.4 Å². The lowest BCUT2D eigenvalue weighted by Crippen LogP contribution is -2.29. The molecule has 1 aliphatic rings. The van der Waals surface area contributed by atoms with Gasteiger partial charge in [-0.25, -0.2) is 0 Å². The molecule has 0 aromatic heterocycles. The van der Waals surface area contributed by atoms with Gasteiger partial charge in [-0.15, -0.1) is 0 Å². The number of hydrogen-bond donors (Lipinski definition) is 1. The van der Waals surface area contributed by atoms with Crippen LogP contribution >= 0.6 is 0 Å². The molecular weight excluding hydrogens is 438 g/mol. The first-order valence-corrected chi connectivity index (χ1v) is 11.9. The molecular formula is C29H29N3O3. The fourth-order valence-electron chi connectivity index (χ4n) is 4.32. The van der Waals surface area contributed by atoms with Gasteiger partial charge >= 0.3 is 0 Å². The van der Waals surface area contributed by atoms with Gasteiger partial charge in [0.1, 0.15) is 12.4 Å². The minimum absolute atomic E-state index is 0.0221. The van der Waals surface area contributed by atoms with Crippen molar-refractivity contribution in [2.24, 2.45) is 0 Å². The minimum atomic E-state index is -0.396. The number of nitriles is 1. The second kappa shape index (κ2) is 10.9. The van der Waals surface area contributed by atoms with Crippen molar-refractivity contribution in [2.75, 3.05) is 13.1 Å². The van der Waals surface area contributed by atoms with E-state index in [1.54, 1.807) is 36.4 Å². The number of hydrogen-bond acceptors (Lipinski definition) is 4. The normalized spacial score (nSPS) is 13.7. The number of carbonyl (C=O) groups excluding carboxylic acids is 2. The van der Waals surface area contributed by atoms with Crippen LogP contribution in [0.15, 0.2) is 66.7 Å². The van der Waals surface area contributed by atoms with E-state index in [9.17, 15) is 14.9 Å².